The molecule has 2 heterocycles. The number of piperidine rings is 1. The largest absolute Gasteiger partial charge is 0.356 e. The van der Waals surface area contributed by atoms with Gasteiger partial charge in [0.15, 0.2) is 5.96 Å². The molecule has 1 aromatic heterocycles. The number of aromatic nitrogens is 2. The number of halogens is 1. The minimum atomic E-state index is 0. The molecule has 2 aromatic rings. The Hall–Kier alpha value is -1.61. The minimum absolute atomic E-state index is 0. The normalized spacial score (nSPS) is 17.0. The smallest absolute Gasteiger partial charge is 0.191 e. The van der Waals surface area contributed by atoms with Gasteiger partial charge in [-0.25, -0.2) is 0 Å². The molecule has 1 aliphatic heterocycles. The van der Waals surface area contributed by atoms with E-state index >= 15 is 0 Å². The lowest BCUT2D eigenvalue weighted by molar-refractivity contribution is 0.198. The van der Waals surface area contributed by atoms with Crippen LogP contribution in [0.3, 0.4) is 0 Å². The maximum atomic E-state index is 4.40. The highest BCUT2D eigenvalue weighted by atomic mass is 127. The van der Waals surface area contributed by atoms with Crippen LogP contribution in [0.15, 0.2) is 53.8 Å². The van der Waals surface area contributed by atoms with Gasteiger partial charge in [0.1, 0.15) is 0 Å². The van der Waals surface area contributed by atoms with E-state index in [-0.39, 0.29) is 24.0 Å². The molecule has 1 fully saturated rings. The molecule has 0 aliphatic carbocycles. The van der Waals surface area contributed by atoms with Crippen LogP contribution in [0.5, 0.6) is 0 Å². The van der Waals surface area contributed by atoms with Gasteiger partial charge in [0.25, 0.3) is 0 Å². The molecule has 0 radical (unpaired) electrons. The lowest BCUT2D eigenvalue weighted by atomic mass is 10.0. The van der Waals surface area contributed by atoms with Crippen molar-refractivity contribution in [3.05, 3.63) is 54.4 Å². The lowest BCUT2D eigenvalue weighted by Crippen LogP contribution is -2.49. The topological polar surface area (TPSA) is 57.5 Å². The monoisotopic (exact) mass is 496 g/mol. The summed E-state index contributed by atoms with van der Waals surface area (Å²) in [6, 6.07) is 13.2. The Labute approximate surface area is 185 Å². The highest BCUT2D eigenvalue weighted by Crippen LogP contribution is 2.13. The molecule has 1 unspecified atom stereocenters. The number of hydrogen-bond acceptors (Lipinski definition) is 3. The fourth-order valence-corrected chi connectivity index (χ4v) is 3.53. The van der Waals surface area contributed by atoms with Crippen molar-refractivity contribution in [2.75, 3.05) is 26.7 Å². The third kappa shape index (κ3) is 7.43. The minimum Gasteiger partial charge on any atom is -0.356 e. The zero-order chi connectivity index (χ0) is 18.9. The third-order valence-electron chi connectivity index (χ3n) is 5.08. The van der Waals surface area contributed by atoms with E-state index in [1.807, 2.05) is 30.2 Å². The Morgan fingerprint density at radius 1 is 1.21 bits per heavy atom. The van der Waals surface area contributed by atoms with Crippen LogP contribution in [0.4, 0.5) is 0 Å². The summed E-state index contributed by atoms with van der Waals surface area (Å²) < 4.78 is 1.98. The average Bonchev–Trinajstić information content (AvgIpc) is 3.20. The summed E-state index contributed by atoms with van der Waals surface area (Å²) in [6.07, 6.45) is 6.13. The molecule has 1 saturated heterocycles. The van der Waals surface area contributed by atoms with Crippen LogP contribution in [0.25, 0.3) is 0 Å². The van der Waals surface area contributed by atoms with Gasteiger partial charge in [-0.2, -0.15) is 5.10 Å². The van der Waals surface area contributed by atoms with Crippen molar-refractivity contribution >= 4 is 29.9 Å². The van der Waals surface area contributed by atoms with Crippen LogP contribution in [-0.2, 0) is 13.1 Å². The van der Waals surface area contributed by atoms with Crippen LogP contribution in [-0.4, -0.2) is 53.4 Å². The Kier molecular flexibility index (Phi) is 9.77. The second kappa shape index (κ2) is 12.1. The summed E-state index contributed by atoms with van der Waals surface area (Å²) in [5.74, 6) is 1.39. The Morgan fingerprint density at radius 2 is 1.96 bits per heavy atom. The first-order chi connectivity index (χ1) is 13.2. The predicted octanol–water partition coefficient (Wildman–Crippen LogP) is 2.97. The van der Waals surface area contributed by atoms with Crippen LogP contribution in [0.1, 0.15) is 25.3 Å². The number of aliphatic imine (C=N–C) groups is 1. The highest BCUT2D eigenvalue weighted by Gasteiger charge is 2.20. The van der Waals surface area contributed by atoms with Gasteiger partial charge in [-0.05, 0) is 30.4 Å². The zero-order valence-electron chi connectivity index (χ0n) is 16.9. The van der Waals surface area contributed by atoms with E-state index < -0.39 is 0 Å². The fourth-order valence-electron chi connectivity index (χ4n) is 3.53. The molecule has 2 N–H and O–H groups in total. The van der Waals surface area contributed by atoms with Gasteiger partial charge in [-0.1, -0.05) is 37.3 Å². The van der Waals surface area contributed by atoms with Crippen molar-refractivity contribution in [2.24, 2.45) is 10.9 Å². The van der Waals surface area contributed by atoms with E-state index in [4.69, 9.17) is 0 Å². The standard InChI is InChI=1S/C21H32N6.HI/c1-18(16-27-12-6-11-24-27)15-23-21(22-2)25-20-9-13-26(14-10-20)17-19-7-4-3-5-8-19;/h3-8,11-12,18,20H,9-10,13-17H2,1-2H3,(H2,22,23,25);1H. The molecule has 0 saturated carbocycles. The maximum Gasteiger partial charge on any atom is 0.191 e. The molecule has 0 amide bonds. The fraction of sp³-hybridized carbons (Fsp3) is 0.524. The van der Waals surface area contributed by atoms with Crippen LogP contribution >= 0.6 is 24.0 Å². The molecule has 1 aromatic carbocycles. The molecule has 28 heavy (non-hydrogen) atoms. The van der Waals surface area contributed by atoms with E-state index in [2.05, 4.69) is 62.9 Å². The summed E-state index contributed by atoms with van der Waals surface area (Å²) in [4.78, 5) is 6.93. The van der Waals surface area contributed by atoms with Crippen molar-refractivity contribution < 1.29 is 0 Å². The summed E-state index contributed by atoms with van der Waals surface area (Å²) in [6.45, 7) is 7.31. The number of rotatable bonds is 7. The first-order valence-corrected chi connectivity index (χ1v) is 9.94. The van der Waals surface area contributed by atoms with E-state index in [1.54, 1.807) is 0 Å². The lowest BCUT2D eigenvalue weighted by Gasteiger charge is -2.33. The Balaban J connectivity index is 0.00000280. The second-order valence-electron chi connectivity index (χ2n) is 7.47. The van der Waals surface area contributed by atoms with Gasteiger partial charge in [-0.3, -0.25) is 14.6 Å². The molecular formula is C21H33IN6. The molecule has 0 bridgehead atoms. The SMILES string of the molecule is CN=C(NCC(C)Cn1cccn1)NC1CCN(Cc2ccccc2)CC1.I. The predicted molar refractivity (Wildman–Crippen MR) is 126 cm³/mol. The molecule has 1 atom stereocenters. The number of nitrogens with one attached hydrogen (secondary N) is 2. The number of likely N-dealkylation sites (tertiary alicyclic amines) is 1. The number of hydrogen-bond donors (Lipinski definition) is 2. The number of guanidine groups is 1. The zero-order valence-corrected chi connectivity index (χ0v) is 19.3. The van der Waals surface area contributed by atoms with Gasteiger partial charge < -0.3 is 10.6 Å². The first kappa shape index (κ1) is 22.7. The van der Waals surface area contributed by atoms with Crippen LogP contribution in [0, 0.1) is 5.92 Å². The second-order valence-corrected chi connectivity index (χ2v) is 7.47. The van der Waals surface area contributed by atoms with Gasteiger partial charge in [0, 0.05) is 58.2 Å². The summed E-state index contributed by atoms with van der Waals surface area (Å²) in [7, 11) is 1.85. The highest BCUT2D eigenvalue weighted by molar-refractivity contribution is 14.0. The third-order valence-corrected chi connectivity index (χ3v) is 5.08. The summed E-state index contributed by atoms with van der Waals surface area (Å²) >= 11 is 0. The maximum absolute atomic E-state index is 4.40. The molecule has 0 spiro atoms. The summed E-state index contributed by atoms with van der Waals surface area (Å²) in [5.41, 5.74) is 1.40. The Bertz CT molecular complexity index is 680. The Morgan fingerprint density at radius 3 is 2.61 bits per heavy atom. The van der Waals surface area contributed by atoms with Crippen molar-refractivity contribution in [1.82, 2.24) is 25.3 Å². The van der Waals surface area contributed by atoms with E-state index in [9.17, 15) is 0 Å². The van der Waals surface area contributed by atoms with Crippen molar-refractivity contribution in [1.29, 1.82) is 0 Å². The van der Waals surface area contributed by atoms with Gasteiger partial charge >= 0.3 is 0 Å². The van der Waals surface area contributed by atoms with E-state index in [0.29, 0.717) is 12.0 Å². The van der Waals surface area contributed by atoms with E-state index in [0.717, 1.165) is 51.5 Å². The van der Waals surface area contributed by atoms with Crippen LogP contribution in [0.2, 0.25) is 0 Å². The van der Waals surface area contributed by atoms with Gasteiger partial charge in [-0.15, -0.1) is 24.0 Å². The van der Waals surface area contributed by atoms with E-state index in [1.165, 1.54) is 5.56 Å². The first-order valence-electron chi connectivity index (χ1n) is 9.94. The molecular weight excluding hydrogens is 463 g/mol. The number of benzene rings is 1. The van der Waals surface area contributed by atoms with Crippen molar-refractivity contribution in [3.63, 3.8) is 0 Å². The van der Waals surface area contributed by atoms with Crippen molar-refractivity contribution in [2.45, 2.75) is 38.9 Å². The molecule has 3 rings (SSSR count). The quantitative estimate of drug-likeness (QED) is 0.352. The van der Waals surface area contributed by atoms with Gasteiger partial charge in [0.05, 0.1) is 0 Å². The molecule has 154 valence electrons. The average molecular weight is 496 g/mol. The van der Waals surface area contributed by atoms with Crippen molar-refractivity contribution in [3.8, 4) is 0 Å². The summed E-state index contributed by atoms with van der Waals surface area (Å²) in [5, 5.41) is 11.3. The van der Waals surface area contributed by atoms with Gasteiger partial charge in [0.2, 0.25) is 0 Å². The number of nitrogens with zero attached hydrogens (tertiary/aromatic N) is 4. The molecule has 6 nitrogen and oxygen atoms in total. The molecule has 1 aliphatic rings. The molecule has 7 heteroatoms. The van der Waals surface area contributed by atoms with Crippen LogP contribution < -0.4 is 10.6 Å².